The molecule has 317 valence electrons. The Hall–Kier alpha value is -3.54. The minimum atomic E-state index is -4.49. The molecule has 0 spiro atoms. The predicted octanol–water partition coefficient (Wildman–Crippen LogP) is 14.8. The average Bonchev–Trinajstić information content (AvgIpc) is 3.52. The van der Waals surface area contributed by atoms with Crippen molar-refractivity contribution >= 4 is 50.4 Å². The van der Waals surface area contributed by atoms with Gasteiger partial charge < -0.3 is 5.11 Å². The Bertz CT molecular complexity index is 2440. The van der Waals surface area contributed by atoms with E-state index in [1.54, 1.807) is 12.3 Å². The summed E-state index contributed by atoms with van der Waals surface area (Å²) < 4.78 is 45.9. The number of pyridine rings is 1. The number of rotatable bonds is 10. The first-order valence-corrected chi connectivity index (χ1v) is 22.3. The van der Waals surface area contributed by atoms with Crippen LogP contribution in [0.2, 0.25) is 0 Å². The van der Waals surface area contributed by atoms with Gasteiger partial charge in [-0.3, -0.25) is 4.79 Å². The minimum Gasteiger partial charge on any atom is 0 e. The van der Waals surface area contributed by atoms with Gasteiger partial charge in [0.1, 0.15) is 0 Å². The molecule has 0 aliphatic heterocycles. The molecular formula is C51H59F3IrNO2Se-. The van der Waals surface area contributed by atoms with E-state index in [9.17, 15) is 23.1 Å². The van der Waals surface area contributed by atoms with Gasteiger partial charge in [-0.05, 0) is 25.7 Å². The molecule has 0 bridgehead atoms. The van der Waals surface area contributed by atoms with E-state index in [0.717, 1.165) is 73.8 Å². The number of nitrogens with zero attached hydrogens (tertiary/aromatic N) is 1. The smallest absolute Gasteiger partial charge is 0 e. The fourth-order valence-corrected chi connectivity index (χ4v) is 10.6. The van der Waals surface area contributed by atoms with E-state index >= 15 is 0 Å². The largest absolute Gasteiger partial charge is 0 e. The third-order valence-corrected chi connectivity index (χ3v) is 13.5. The van der Waals surface area contributed by atoms with Crippen molar-refractivity contribution < 1.29 is 43.2 Å². The second-order valence-corrected chi connectivity index (χ2v) is 20.0. The van der Waals surface area contributed by atoms with Crippen LogP contribution >= 0.6 is 0 Å². The minimum absolute atomic E-state index is 0. The Morgan fingerprint density at radius 1 is 0.831 bits per heavy atom. The number of aliphatic hydroxyl groups is 1. The zero-order valence-corrected chi connectivity index (χ0v) is 40.5. The van der Waals surface area contributed by atoms with Gasteiger partial charge in [0.2, 0.25) is 0 Å². The van der Waals surface area contributed by atoms with Crippen molar-refractivity contribution in [2.75, 3.05) is 0 Å². The van der Waals surface area contributed by atoms with Crippen molar-refractivity contribution in [1.29, 1.82) is 0 Å². The monoisotopic (exact) mass is 1050 g/mol. The van der Waals surface area contributed by atoms with E-state index in [1.807, 2.05) is 65.0 Å². The van der Waals surface area contributed by atoms with Crippen LogP contribution in [0.3, 0.4) is 0 Å². The van der Waals surface area contributed by atoms with Gasteiger partial charge in [-0.1, -0.05) is 27.7 Å². The fraction of sp³-hybridized carbons (Fsp3) is 0.412. The number of fused-ring (bicyclic) bond motifs is 4. The number of aromatic nitrogens is 1. The van der Waals surface area contributed by atoms with E-state index < -0.39 is 11.7 Å². The molecule has 8 heteroatoms. The maximum absolute atomic E-state index is 14.8. The first-order chi connectivity index (χ1) is 27.2. The van der Waals surface area contributed by atoms with Crippen molar-refractivity contribution in [3.8, 4) is 22.4 Å². The molecule has 0 saturated carbocycles. The molecule has 1 N–H and O–H groups in total. The Morgan fingerprint density at radius 3 is 2.05 bits per heavy atom. The van der Waals surface area contributed by atoms with Crippen LogP contribution in [0.4, 0.5) is 13.2 Å². The topological polar surface area (TPSA) is 50.2 Å². The van der Waals surface area contributed by atoms with Gasteiger partial charge in [-0.15, -0.1) is 0 Å². The molecule has 1 radical (unpaired) electrons. The van der Waals surface area contributed by atoms with E-state index in [1.165, 1.54) is 23.3 Å². The van der Waals surface area contributed by atoms with E-state index in [2.05, 4.69) is 71.9 Å². The summed E-state index contributed by atoms with van der Waals surface area (Å²) in [4.78, 5) is 16.5. The fourth-order valence-electron chi connectivity index (χ4n) is 7.93. The molecular weight excluding hydrogens is 987 g/mol. The number of carbonyl (C=O) groups is 1. The van der Waals surface area contributed by atoms with E-state index in [-0.39, 0.29) is 68.8 Å². The van der Waals surface area contributed by atoms with Gasteiger partial charge in [0.25, 0.3) is 0 Å². The molecule has 0 unspecified atom stereocenters. The molecule has 0 amide bonds. The summed E-state index contributed by atoms with van der Waals surface area (Å²) in [6, 6.07) is 25.1. The van der Waals surface area contributed by atoms with E-state index in [4.69, 9.17) is 4.98 Å². The van der Waals surface area contributed by atoms with Crippen molar-refractivity contribution in [2.24, 2.45) is 17.3 Å². The zero-order valence-electron chi connectivity index (χ0n) is 36.4. The third kappa shape index (κ3) is 11.2. The van der Waals surface area contributed by atoms with Crippen LogP contribution in [0.15, 0.2) is 84.8 Å². The molecule has 0 fully saturated rings. The molecule has 2 aromatic heterocycles. The maximum atomic E-state index is 14.8. The van der Waals surface area contributed by atoms with Crippen molar-refractivity contribution in [3.05, 3.63) is 113 Å². The molecule has 6 aromatic rings. The molecule has 6 rings (SSSR count). The number of halogens is 3. The number of ketones is 1. The van der Waals surface area contributed by atoms with Gasteiger partial charge in [0.15, 0.2) is 5.78 Å². The molecule has 0 aliphatic carbocycles. The van der Waals surface area contributed by atoms with Crippen molar-refractivity contribution in [2.45, 2.75) is 120 Å². The van der Waals surface area contributed by atoms with Gasteiger partial charge in [-0.25, -0.2) is 0 Å². The second-order valence-electron chi connectivity index (χ2n) is 17.8. The summed E-state index contributed by atoms with van der Waals surface area (Å²) in [5.41, 5.74) is 5.78. The molecule has 4 aromatic carbocycles. The number of aryl methyl sites for hydroxylation is 1. The number of benzene rings is 4. The van der Waals surface area contributed by atoms with Gasteiger partial charge in [0, 0.05) is 38.0 Å². The van der Waals surface area contributed by atoms with Crippen LogP contribution in [-0.4, -0.2) is 30.4 Å². The molecule has 0 saturated heterocycles. The van der Waals surface area contributed by atoms with Crippen LogP contribution in [-0.2, 0) is 42.9 Å². The predicted molar refractivity (Wildman–Crippen MR) is 239 cm³/mol. The number of allylic oxidation sites excluding steroid dienone is 2. The molecule has 3 nitrogen and oxygen atoms in total. The SMILES string of the molecule is CCC(CC)C(=O)/C=C(\O)C(CC)CC.Cc1cc(CC(C)(C)C)ccc1-c1cc(C(F)(F)F)c2c(c1)[se]c1c(-c3[c-]c4ccccc4c(C(C)(C)C)c3)nccc12.[Ir]. The number of alkyl halides is 3. The summed E-state index contributed by atoms with van der Waals surface area (Å²) in [6.07, 6.45) is 2.97. The Morgan fingerprint density at radius 2 is 1.47 bits per heavy atom. The van der Waals surface area contributed by atoms with Gasteiger partial charge in [0.05, 0.1) is 5.76 Å². The number of carbonyl (C=O) groups excluding carboxylic acids is 1. The number of aliphatic hydroxyl groups excluding tert-OH is 1. The number of hydrogen-bond donors (Lipinski definition) is 1. The van der Waals surface area contributed by atoms with Crippen LogP contribution in [0.1, 0.15) is 117 Å². The second kappa shape index (κ2) is 19.4. The molecule has 2 heterocycles. The van der Waals surface area contributed by atoms with Crippen LogP contribution in [0, 0.1) is 30.2 Å². The molecule has 0 atom stereocenters. The Labute approximate surface area is 369 Å². The van der Waals surface area contributed by atoms with Crippen molar-refractivity contribution in [3.63, 3.8) is 0 Å². The summed E-state index contributed by atoms with van der Waals surface area (Å²) >= 11 is -0.355. The normalized spacial score (nSPS) is 12.6. The zero-order chi connectivity index (χ0) is 42.7. The maximum Gasteiger partial charge on any atom is 0 e. The van der Waals surface area contributed by atoms with Crippen LogP contribution < -0.4 is 0 Å². The third-order valence-electron chi connectivity index (χ3n) is 11.1. The Kier molecular flexibility index (Phi) is 15.9. The quantitative estimate of drug-likeness (QED) is 0.0644. The number of hydrogen-bond acceptors (Lipinski definition) is 3. The van der Waals surface area contributed by atoms with Gasteiger partial charge >= 0.3 is 258 Å². The first-order valence-electron chi connectivity index (χ1n) is 20.6. The summed E-state index contributed by atoms with van der Waals surface area (Å²) in [6.45, 7) is 23.2. The van der Waals surface area contributed by atoms with E-state index in [0.29, 0.717) is 16.3 Å². The summed E-state index contributed by atoms with van der Waals surface area (Å²) in [5.74, 6) is 0.547. The summed E-state index contributed by atoms with van der Waals surface area (Å²) in [5, 5.41) is 12.8. The molecule has 59 heavy (non-hydrogen) atoms. The van der Waals surface area contributed by atoms with Crippen LogP contribution in [0.5, 0.6) is 0 Å². The average molecular weight is 1050 g/mol. The standard InChI is InChI=1S/C38H35F3NSe.C13H24O2.Ir/c1-22-16-23(21-36(2,3)4)12-13-27(22)25-18-31(38(39,40)41)33-29-14-15-42-34(35(29)43-32(33)20-25)26-17-24-10-8-9-11-28(24)30(19-26)37(5,6)7;1-5-10(6-2)12(14)9-13(15)11(7-3)8-4;/h8-16,18-20H,21H2,1-7H3;9-11,14H,5-8H2,1-4H3;/q-1;;/b;12-9-;. The van der Waals surface area contributed by atoms with Crippen LogP contribution in [0.25, 0.3) is 52.4 Å². The molecule has 0 aliphatic rings. The van der Waals surface area contributed by atoms with Gasteiger partial charge in [-0.2, -0.15) is 0 Å². The Balaban J connectivity index is 0.000000411. The van der Waals surface area contributed by atoms with Crippen molar-refractivity contribution in [1.82, 2.24) is 4.98 Å². The first kappa shape index (κ1) is 48.1. The summed E-state index contributed by atoms with van der Waals surface area (Å²) in [7, 11) is 0.